The largest absolute Gasteiger partial charge is 0.495 e. The predicted octanol–water partition coefficient (Wildman–Crippen LogP) is 2.68. The molecule has 4 nitrogen and oxygen atoms in total. The van der Waals surface area contributed by atoms with E-state index in [4.69, 9.17) is 4.74 Å². The Kier molecular flexibility index (Phi) is 4.14. The maximum atomic E-state index is 12.5. The van der Waals surface area contributed by atoms with E-state index >= 15 is 0 Å². The van der Waals surface area contributed by atoms with Crippen LogP contribution in [-0.4, -0.2) is 30.0 Å². The molecular formula is C16H22N2O2. The number of hydrogen-bond donors (Lipinski definition) is 1. The Balaban J connectivity index is 2.54. The van der Waals surface area contributed by atoms with Crippen molar-refractivity contribution in [2.75, 3.05) is 13.7 Å². The van der Waals surface area contributed by atoms with Crippen LogP contribution in [0, 0.1) is 6.92 Å². The number of carbonyl (C=O) groups excluding carboxylic acids is 1. The topological polar surface area (TPSA) is 43.3 Å². The van der Waals surface area contributed by atoms with Gasteiger partial charge in [-0.3, -0.25) is 4.79 Å². The molecule has 1 N–H and O–H groups in total. The summed E-state index contributed by atoms with van der Waals surface area (Å²) in [5, 5.41) is 4.14. The molecule has 0 saturated heterocycles. The van der Waals surface area contributed by atoms with Gasteiger partial charge in [0.2, 0.25) is 0 Å². The highest BCUT2D eigenvalue weighted by Crippen LogP contribution is 2.32. The lowest BCUT2D eigenvalue weighted by Crippen LogP contribution is -2.29. The average Bonchev–Trinajstić information content (AvgIpc) is 2.68. The van der Waals surface area contributed by atoms with Gasteiger partial charge in [0.1, 0.15) is 5.75 Å². The van der Waals surface area contributed by atoms with Gasteiger partial charge < -0.3 is 14.6 Å². The SMILES string of the molecule is COc1cccc2c(C(=O)CNC(C)C)c(C)n(C)c12. The molecule has 0 amide bonds. The van der Waals surface area contributed by atoms with E-state index in [0.717, 1.165) is 27.9 Å². The zero-order valence-electron chi connectivity index (χ0n) is 12.8. The van der Waals surface area contributed by atoms with Gasteiger partial charge in [0.25, 0.3) is 0 Å². The van der Waals surface area contributed by atoms with Crippen LogP contribution in [0.1, 0.15) is 29.9 Å². The van der Waals surface area contributed by atoms with Crippen molar-refractivity contribution in [1.82, 2.24) is 9.88 Å². The number of aromatic nitrogens is 1. The van der Waals surface area contributed by atoms with Gasteiger partial charge in [0.05, 0.1) is 19.2 Å². The molecular weight excluding hydrogens is 252 g/mol. The summed E-state index contributed by atoms with van der Waals surface area (Å²) >= 11 is 0. The zero-order valence-corrected chi connectivity index (χ0v) is 12.8. The molecule has 0 radical (unpaired) electrons. The molecule has 1 heterocycles. The predicted molar refractivity (Wildman–Crippen MR) is 81.7 cm³/mol. The zero-order chi connectivity index (χ0) is 14.9. The highest BCUT2D eigenvalue weighted by molar-refractivity contribution is 6.11. The molecule has 0 spiro atoms. The molecule has 20 heavy (non-hydrogen) atoms. The first-order valence-electron chi connectivity index (χ1n) is 6.86. The van der Waals surface area contributed by atoms with E-state index in [0.29, 0.717) is 12.6 Å². The normalized spacial score (nSPS) is 11.3. The summed E-state index contributed by atoms with van der Waals surface area (Å²) in [7, 11) is 3.62. The van der Waals surface area contributed by atoms with Crippen LogP contribution in [0.3, 0.4) is 0 Å². The fourth-order valence-electron chi connectivity index (χ4n) is 2.50. The summed E-state index contributed by atoms with van der Waals surface area (Å²) in [4.78, 5) is 12.5. The minimum absolute atomic E-state index is 0.120. The number of methoxy groups -OCH3 is 1. The van der Waals surface area contributed by atoms with Crippen molar-refractivity contribution in [1.29, 1.82) is 0 Å². The van der Waals surface area contributed by atoms with Crippen LogP contribution in [0.25, 0.3) is 10.9 Å². The monoisotopic (exact) mass is 274 g/mol. The van der Waals surface area contributed by atoms with Gasteiger partial charge in [0.15, 0.2) is 5.78 Å². The second-order valence-corrected chi connectivity index (χ2v) is 5.33. The van der Waals surface area contributed by atoms with Crippen molar-refractivity contribution in [3.63, 3.8) is 0 Å². The Morgan fingerprint density at radius 2 is 2.10 bits per heavy atom. The van der Waals surface area contributed by atoms with Crippen LogP contribution < -0.4 is 10.1 Å². The number of rotatable bonds is 5. The van der Waals surface area contributed by atoms with Crippen molar-refractivity contribution in [2.24, 2.45) is 7.05 Å². The number of para-hydroxylation sites is 1. The van der Waals surface area contributed by atoms with Gasteiger partial charge in [0, 0.05) is 29.7 Å². The van der Waals surface area contributed by atoms with Crippen LogP contribution in [-0.2, 0) is 7.05 Å². The van der Waals surface area contributed by atoms with E-state index in [2.05, 4.69) is 5.32 Å². The average molecular weight is 274 g/mol. The Labute approximate surface area is 119 Å². The number of hydrogen-bond acceptors (Lipinski definition) is 3. The maximum absolute atomic E-state index is 12.5. The molecule has 108 valence electrons. The maximum Gasteiger partial charge on any atom is 0.179 e. The van der Waals surface area contributed by atoms with Gasteiger partial charge in [-0.15, -0.1) is 0 Å². The molecule has 2 aromatic rings. The lowest BCUT2D eigenvalue weighted by atomic mass is 10.1. The summed E-state index contributed by atoms with van der Waals surface area (Å²) in [6, 6.07) is 6.12. The minimum Gasteiger partial charge on any atom is -0.495 e. The van der Waals surface area contributed by atoms with Crippen molar-refractivity contribution < 1.29 is 9.53 Å². The van der Waals surface area contributed by atoms with Crippen LogP contribution in [0.5, 0.6) is 5.75 Å². The third kappa shape index (κ3) is 2.43. The van der Waals surface area contributed by atoms with E-state index in [-0.39, 0.29) is 5.78 Å². The van der Waals surface area contributed by atoms with Crippen LogP contribution in [0.4, 0.5) is 0 Å². The quantitative estimate of drug-likeness (QED) is 0.852. The number of ketones is 1. The fraction of sp³-hybridized carbons (Fsp3) is 0.438. The second kappa shape index (κ2) is 5.67. The molecule has 0 aliphatic rings. The lowest BCUT2D eigenvalue weighted by molar-refractivity contribution is 0.0989. The molecule has 1 aromatic heterocycles. The third-order valence-corrected chi connectivity index (χ3v) is 3.64. The first-order valence-corrected chi connectivity index (χ1v) is 6.86. The smallest absolute Gasteiger partial charge is 0.179 e. The molecule has 0 saturated carbocycles. The van der Waals surface area contributed by atoms with E-state index < -0.39 is 0 Å². The molecule has 2 rings (SSSR count). The van der Waals surface area contributed by atoms with Crippen LogP contribution in [0.2, 0.25) is 0 Å². The van der Waals surface area contributed by atoms with Crippen molar-refractivity contribution in [3.8, 4) is 5.75 Å². The number of nitrogens with zero attached hydrogens (tertiary/aromatic N) is 1. The number of aryl methyl sites for hydroxylation is 1. The van der Waals surface area contributed by atoms with Gasteiger partial charge in [-0.05, 0) is 13.0 Å². The van der Waals surface area contributed by atoms with E-state index in [1.165, 1.54) is 0 Å². The number of ether oxygens (including phenoxy) is 1. The Hall–Kier alpha value is -1.81. The summed E-state index contributed by atoms with van der Waals surface area (Å²) in [6.45, 7) is 6.40. The van der Waals surface area contributed by atoms with Crippen molar-refractivity contribution >= 4 is 16.7 Å². The van der Waals surface area contributed by atoms with E-state index in [1.807, 2.05) is 50.6 Å². The Morgan fingerprint density at radius 3 is 2.70 bits per heavy atom. The number of carbonyl (C=O) groups is 1. The highest BCUT2D eigenvalue weighted by Gasteiger charge is 2.20. The van der Waals surface area contributed by atoms with Crippen molar-refractivity contribution in [2.45, 2.75) is 26.8 Å². The Morgan fingerprint density at radius 1 is 1.40 bits per heavy atom. The molecule has 0 unspecified atom stereocenters. The number of Topliss-reactive ketones (excluding diaryl/α,β-unsaturated/α-hetero) is 1. The third-order valence-electron chi connectivity index (χ3n) is 3.64. The van der Waals surface area contributed by atoms with Crippen molar-refractivity contribution in [3.05, 3.63) is 29.5 Å². The van der Waals surface area contributed by atoms with Gasteiger partial charge in [-0.25, -0.2) is 0 Å². The molecule has 0 fully saturated rings. The van der Waals surface area contributed by atoms with Gasteiger partial charge in [-0.1, -0.05) is 26.0 Å². The molecule has 0 aliphatic carbocycles. The van der Waals surface area contributed by atoms with Crippen LogP contribution >= 0.6 is 0 Å². The first-order chi connectivity index (χ1) is 9.47. The van der Waals surface area contributed by atoms with Crippen LogP contribution in [0.15, 0.2) is 18.2 Å². The van der Waals surface area contributed by atoms with Gasteiger partial charge in [-0.2, -0.15) is 0 Å². The number of fused-ring (bicyclic) bond motifs is 1. The first kappa shape index (κ1) is 14.6. The van der Waals surface area contributed by atoms with E-state index in [9.17, 15) is 4.79 Å². The molecule has 0 aliphatic heterocycles. The lowest BCUT2D eigenvalue weighted by Gasteiger charge is -2.07. The second-order valence-electron chi connectivity index (χ2n) is 5.33. The highest BCUT2D eigenvalue weighted by atomic mass is 16.5. The fourth-order valence-corrected chi connectivity index (χ4v) is 2.50. The van der Waals surface area contributed by atoms with E-state index in [1.54, 1.807) is 7.11 Å². The summed E-state index contributed by atoms with van der Waals surface area (Å²) in [5.74, 6) is 0.916. The number of nitrogens with one attached hydrogen (secondary N) is 1. The standard InChI is InChI=1S/C16H22N2O2/c1-10(2)17-9-13(19)15-11(3)18(4)16-12(15)7-6-8-14(16)20-5/h6-8,10,17H,9H2,1-5H3. The summed E-state index contributed by atoms with van der Waals surface area (Å²) in [6.07, 6.45) is 0. The molecule has 4 heteroatoms. The van der Waals surface area contributed by atoms with Gasteiger partial charge >= 0.3 is 0 Å². The molecule has 1 aromatic carbocycles. The number of benzene rings is 1. The molecule has 0 atom stereocenters. The summed E-state index contributed by atoms with van der Waals surface area (Å²) in [5.41, 5.74) is 2.73. The minimum atomic E-state index is 0.120. The molecule has 0 bridgehead atoms. The Bertz CT molecular complexity index is 641. The summed E-state index contributed by atoms with van der Waals surface area (Å²) < 4.78 is 7.43.